The van der Waals surface area contributed by atoms with Crippen molar-refractivity contribution >= 4 is 39.5 Å². The van der Waals surface area contributed by atoms with Crippen LogP contribution in [0.1, 0.15) is 12.0 Å². The Kier molecular flexibility index (Phi) is 6.66. The number of carbonyl (C=O) groups excluding carboxylic acids is 1. The Bertz CT molecular complexity index is 1030. The van der Waals surface area contributed by atoms with Crippen molar-refractivity contribution in [3.8, 4) is 5.75 Å². The average Bonchev–Trinajstić information content (AvgIpc) is 2.94. The molecule has 6 nitrogen and oxygen atoms in total. The summed E-state index contributed by atoms with van der Waals surface area (Å²) in [7, 11) is 0.694. The van der Waals surface area contributed by atoms with Gasteiger partial charge in [-0.2, -0.15) is 0 Å². The second kappa shape index (κ2) is 9.02. The van der Waals surface area contributed by atoms with E-state index in [9.17, 15) is 13.2 Å². The molecule has 29 heavy (non-hydrogen) atoms. The molecule has 3 rings (SSSR count). The van der Waals surface area contributed by atoms with E-state index in [4.69, 9.17) is 4.74 Å². The van der Waals surface area contributed by atoms with Gasteiger partial charge < -0.3 is 9.64 Å². The number of nitrogens with zero attached hydrogens (tertiary/aromatic N) is 2. The van der Waals surface area contributed by atoms with Gasteiger partial charge in [-0.25, -0.2) is 12.7 Å². The van der Waals surface area contributed by atoms with Crippen LogP contribution in [0.15, 0.2) is 58.3 Å². The van der Waals surface area contributed by atoms with Gasteiger partial charge in [0.15, 0.2) is 0 Å². The van der Waals surface area contributed by atoms with Crippen LogP contribution in [-0.2, 0) is 14.8 Å². The van der Waals surface area contributed by atoms with Crippen molar-refractivity contribution in [1.29, 1.82) is 0 Å². The molecule has 0 saturated heterocycles. The number of anilines is 1. The summed E-state index contributed by atoms with van der Waals surface area (Å²) >= 11 is 1.75. The minimum atomic E-state index is -3.67. The first-order chi connectivity index (χ1) is 13.8. The van der Waals surface area contributed by atoms with Gasteiger partial charge in [-0.3, -0.25) is 4.79 Å². The molecule has 0 unspecified atom stereocenters. The normalized spacial score (nSPS) is 14.7. The molecule has 0 spiro atoms. The molecular formula is C21H24N2O4S2. The molecule has 2 aromatic carbocycles. The molecule has 8 heteroatoms. The van der Waals surface area contributed by atoms with Crippen LogP contribution in [0.25, 0.3) is 6.08 Å². The highest BCUT2D eigenvalue weighted by Crippen LogP contribution is 2.34. The molecule has 0 fully saturated rings. The lowest BCUT2D eigenvalue weighted by molar-refractivity contribution is -0.114. The van der Waals surface area contributed by atoms with Crippen LogP contribution >= 0.6 is 11.8 Å². The van der Waals surface area contributed by atoms with E-state index < -0.39 is 10.0 Å². The summed E-state index contributed by atoms with van der Waals surface area (Å²) in [6.07, 6.45) is 4.03. The van der Waals surface area contributed by atoms with Crippen molar-refractivity contribution < 1.29 is 17.9 Å². The van der Waals surface area contributed by atoms with Crippen LogP contribution in [0.4, 0.5) is 5.69 Å². The fourth-order valence-corrected chi connectivity index (χ4v) is 5.09. The fourth-order valence-electron chi connectivity index (χ4n) is 3.01. The van der Waals surface area contributed by atoms with E-state index in [1.807, 2.05) is 24.3 Å². The number of benzene rings is 2. The van der Waals surface area contributed by atoms with Gasteiger partial charge >= 0.3 is 0 Å². The molecule has 1 heterocycles. The molecule has 1 aliphatic rings. The molecule has 0 saturated carbocycles. The largest absolute Gasteiger partial charge is 0.495 e. The number of thioether (sulfide) groups is 1. The zero-order chi connectivity index (χ0) is 21.0. The molecule has 154 valence electrons. The number of carbonyl (C=O) groups is 1. The molecule has 0 aromatic heterocycles. The maximum Gasteiger partial charge on any atom is 0.251 e. The third-order valence-corrected chi connectivity index (χ3v) is 7.56. The third-order valence-electron chi connectivity index (χ3n) is 4.57. The summed E-state index contributed by atoms with van der Waals surface area (Å²) < 4.78 is 31.5. The highest BCUT2D eigenvalue weighted by Gasteiger charge is 2.23. The first-order valence-electron chi connectivity index (χ1n) is 9.16. The van der Waals surface area contributed by atoms with Gasteiger partial charge in [-0.05, 0) is 48.1 Å². The van der Waals surface area contributed by atoms with Gasteiger partial charge in [-0.15, -0.1) is 11.8 Å². The zero-order valence-corrected chi connectivity index (χ0v) is 18.3. The molecule has 2 aromatic rings. The summed E-state index contributed by atoms with van der Waals surface area (Å²) in [4.78, 5) is 15.8. The minimum absolute atomic E-state index is 0.0658. The summed E-state index contributed by atoms with van der Waals surface area (Å²) in [6, 6.07) is 12.7. The van der Waals surface area contributed by atoms with Gasteiger partial charge in [0, 0.05) is 31.6 Å². The van der Waals surface area contributed by atoms with Crippen LogP contribution in [-0.4, -0.2) is 52.1 Å². The van der Waals surface area contributed by atoms with Crippen LogP contribution in [0.2, 0.25) is 0 Å². The highest BCUT2D eigenvalue weighted by molar-refractivity contribution is 7.99. The number of para-hydroxylation sites is 1. The van der Waals surface area contributed by atoms with E-state index in [0.717, 1.165) is 27.1 Å². The maximum absolute atomic E-state index is 12.9. The smallest absolute Gasteiger partial charge is 0.251 e. The lowest BCUT2D eigenvalue weighted by Crippen LogP contribution is -2.30. The Labute approximate surface area is 176 Å². The fraction of sp³-hybridized carbons (Fsp3) is 0.286. The van der Waals surface area contributed by atoms with E-state index in [0.29, 0.717) is 12.1 Å². The first kappa shape index (κ1) is 21.4. The van der Waals surface area contributed by atoms with Gasteiger partial charge in [0.2, 0.25) is 10.0 Å². The van der Waals surface area contributed by atoms with Gasteiger partial charge in [0.05, 0.1) is 12.8 Å². The van der Waals surface area contributed by atoms with Crippen LogP contribution in [0.3, 0.4) is 0 Å². The third kappa shape index (κ3) is 4.66. The average molecular weight is 433 g/mol. The Morgan fingerprint density at radius 2 is 1.97 bits per heavy atom. The summed E-state index contributed by atoms with van der Waals surface area (Å²) in [5.74, 6) is 1.10. The number of rotatable bonds is 5. The van der Waals surface area contributed by atoms with Crippen LogP contribution in [0, 0.1) is 0 Å². The first-order valence-corrected chi connectivity index (χ1v) is 11.6. The molecule has 0 N–H and O–H groups in total. The number of hydrogen-bond acceptors (Lipinski definition) is 5. The predicted molar refractivity (Wildman–Crippen MR) is 117 cm³/mol. The Morgan fingerprint density at radius 1 is 1.21 bits per heavy atom. The summed E-state index contributed by atoms with van der Waals surface area (Å²) in [5, 5.41) is 0. The van der Waals surface area contributed by atoms with Gasteiger partial charge in [-0.1, -0.05) is 18.2 Å². The summed E-state index contributed by atoms with van der Waals surface area (Å²) in [5.41, 5.74) is 1.52. The van der Waals surface area contributed by atoms with Crippen molar-refractivity contribution in [3.63, 3.8) is 0 Å². The zero-order valence-electron chi connectivity index (χ0n) is 16.7. The van der Waals surface area contributed by atoms with E-state index >= 15 is 0 Å². The second-order valence-corrected chi connectivity index (χ2v) is 9.95. The Hall–Kier alpha value is -2.29. The topological polar surface area (TPSA) is 66.9 Å². The van der Waals surface area contributed by atoms with Gasteiger partial charge in [0.25, 0.3) is 5.91 Å². The van der Waals surface area contributed by atoms with Crippen LogP contribution in [0.5, 0.6) is 5.75 Å². The lowest BCUT2D eigenvalue weighted by Gasteiger charge is -2.20. The van der Waals surface area contributed by atoms with E-state index in [-0.39, 0.29) is 16.6 Å². The standard InChI is InChI=1S/C21H24N2O4S2/c1-22(2)29(25,26)20-15-16(9-11-18(20)27-3)10-12-21(24)23-13-6-14-28-19-8-5-4-7-17(19)23/h4-5,7-12,15H,6,13-14H2,1-3H3/b12-10+. The van der Waals surface area contributed by atoms with Crippen molar-refractivity contribution in [3.05, 3.63) is 54.1 Å². The Balaban J connectivity index is 1.90. The van der Waals surface area contributed by atoms with Crippen molar-refractivity contribution in [2.75, 3.05) is 38.4 Å². The number of methoxy groups -OCH3 is 1. The minimum Gasteiger partial charge on any atom is -0.495 e. The van der Waals surface area contributed by atoms with Gasteiger partial charge in [0.1, 0.15) is 10.6 Å². The molecule has 0 aliphatic carbocycles. The maximum atomic E-state index is 12.9. The summed E-state index contributed by atoms with van der Waals surface area (Å²) in [6.45, 7) is 0.649. The molecule has 1 amide bonds. The SMILES string of the molecule is COc1ccc(/C=C/C(=O)N2CCCSc3ccccc32)cc1S(=O)(=O)N(C)C. The lowest BCUT2D eigenvalue weighted by atomic mass is 10.2. The second-order valence-electron chi connectivity index (χ2n) is 6.69. The van der Waals surface area contributed by atoms with E-state index in [1.54, 1.807) is 34.9 Å². The number of amides is 1. The number of ether oxygens (including phenoxy) is 1. The van der Waals surface area contributed by atoms with E-state index in [2.05, 4.69) is 0 Å². The van der Waals surface area contributed by atoms with Crippen LogP contribution < -0.4 is 9.64 Å². The predicted octanol–water partition coefficient (Wildman–Crippen LogP) is 3.49. The molecule has 0 radical (unpaired) electrons. The van der Waals surface area contributed by atoms with Crippen molar-refractivity contribution in [2.45, 2.75) is 16.2 Å². The molecular weight excluding hydrogens is 408 g/mol. The van der Waals surface area contributed by atoms with Crippen molar-refractivity contribution in [1.82, 2.24) is 4.31 Å². The molecule has 0 atom stereocenters. The van der Waals surface area contributed by atoms with Crippen molar-refractivity contribution in [2.24, 2.45) is 0 Å². The number of hydrogen-bond donors (Lipinski definition) is 0. The monoisotopic (exact) mass is 432 g/mol. The molecule has 0 bridgehead atoms. The van der Waals surface area contributed by atoms with E-state index in [1.165, 1.54) is 33.3 Å². The Morgan fingerprint density at radius 3 is 2.69 bits per heavy atom. The quantitative estimate of drug-likeness (QED) is 0.677. The number of sulfonamides is 1. The highest BCUT2D eigenvalue weighted by atomic mass is 32.2. The number of fused-ring (bicyclic) bond motifs is 1. The molecule has 1 aliphatic heterocycles.